The lowest BCUT2D eigenvalue weighted by Gasteiger charge is -2.42. The van der Waals surface area contributed by atoms with Crippen LogP contribution in [0.1, 0.15) is 91.9 Å². The molecule has 144 valence electrons. The van der Waals surface area contributed by atoms with Gasteiger partial charge in [-0.05, 0) is 93.9 Å². The molecule has 2 nitrogen and oxygen atoms in total. The fourth-order valence-electron chi connectivity index (χ4n) is 6.79. The van der Waals surface area contributed by atoms with E-state index in [0.29, 0.717) is 23.0 Å². The summed E-state index contributed by atoms with van der Waals surface area (Å²) < 4.78 is 6.09. The summed E-state index contributed by atoms with van der Waals surface area (Å²) in [6.45, 7) is 10.2. The van der Waals surface area contributed by atoms with E-state index in [-0.39, 0.29) is 0 Å². The van der Waals surface area contributed by atoms with Crippen LogP contribution in [0.15, 0.2) is 0 Å². The van der Waals surface area contributed by atoms with Crippen LogP contribution in [0.5, 0.6) is 0 Å². The molecule has 0 amide bonds. The predicted molar refractivity (Wildman–Crippen MR) is 105 cm³/mol. The Bertz CT molecular complexity index is 472. The van der Waals surface area contributed by atoms with Crippen molar-refractivity contribution in [3.05, 3.63) is 0 Å². The molecular formula is C23H41NO. The molecule has 5 atom stereocenters. The Morgan fingerprint density at radius 1 is 0.880 bits per heavy atom. The van der Waals surface area contributed by atoms with Gasteiger partial charge in [0.05, 0.1) is 12.2 Å². The van der Waals surface area contributed by atoms with Gasteiger partial charge in [-0.1, -0.05) is 27.7 Å². The van der Waals surface area contributed by atoms with E-state index < -0.39 is 0 Å². The maximum Gasteiger partial charge on any atom is 0.0582 e. The minimum absolute atomic E-state index is 0.480. The summed E-state index contributed by atoms with van der Waals surface area (Å²) in [5.74, 6) is 1.84. The normalized spacial score (nSPS) is 41.6. The highest BCUT2D eigenvalue weighted by molar-refractivity contribution is 5.00. The van der Waals surface area contributed by atoms with Gasteiger partial charge >= 0.3 is 0 Å². The molecule has 4 aliphatic heterocycles. The molecule has 25 heavy (non-hydrogen) atoms. The predicted octanol–water partition coefficient (Wildman–Crippen LogP) is 5.65. The largest absolute Gasteiger partial charge is 0.375 e. The van der Waals surface area contributed by atoms with Gasteiger partial charge < -0.3 is 9.64 Å². The van der Waals surface area contributed by atoms with E-state index in [1.807, 2.05) is 0 Å². The molecule has 4 aliphatic rings. The summed E-state index contributed by atoms with van der Waals surface area (Å²) >= 11 is 0. The fraction of sp³-hybridized carbons (Fsp3) is 1.00. The molecule has 4 fully saturated rings. The molecule has 4 rings (SSSR count). The summed E-state index contributed by atoms with van der Waals surface area (Å²) in [6.07, 6.45) is 15.1. The van der Waals surface area contributed by atoms with Gasteiger partial charge in [0.2, 0.25) is 0 Å². The standard InChI is InChI=1S/C23H41NO/c1-22(2,15-16-12-18-6-9-21(16)24(18)5)10-11-23(3,4)17-13-19-7-8-20(14-17)25-19/h16-21H,6-15H2,1-5H3. The summed E-state index contributed by atoms with van der Waals surface area (Å²) in [5, 5.41) is 0. The van der Waals surface area contributed by atoms with Crippen molar-refractivity contribution < 1.29 is 4.74 Å². The highest BCUT2D eigenvalue weighted by atomic mass is 16.5. The van der Waals surface area contributed by atoms with Gasteiger partial charge in [0, 0.05) is 12.1 Å². The topological polar surface area (TPSA) is 12.5 Å². The average molecular weight is 348 g/mol. The second-order valence-electron chi connectivity index (χ2n) is 11.4. The van der Waals surface area contributed by atoms with Crippen LogP contribution in [-0.4, -0.2) is 36.2 Å². The number of nitrogens with zero attached hydrogens (tertiary/aromatic N) is 1. The molecule has 0 spiro atoms. The second-order valence-corrected chi connectivity index (χ2v) is 11.4. The third-order valence-corrected chi connectivity index (χ3v) is 8.67. The van der Waals surface area contributed by atoms with E-state index in [1.165, 1.54) is 64.2 Å². The molecule has 4 bridgehead atoms. The highest BCUT2D eigenvalue weighted by Gasteiger charge is 2.46. The Hall–Kier alpha value is -0.0800. The van der Waals surface area contributed by atoms with Crippen molar-refractivity contribution in [2.45, 2.75) is 116 Å². The molecule has 0 aromatic carbocycles. The summed E-state index contributed by atoms with van der Waals surface area (Å²) in [6, 6.07) is 1.79. The molecule has 0 radical (unpaired) electrons. The van der Waals surface area contributed by atoms with E-state index >= 15 is 0 Å². The SMILES string of the molecule is CN1C2CCC1C(CC(C)(C)CCC(C)(C)C1CC3CCC(C1)O3)C2. The molecule has 0 aromatic heterocycles. The van der Waals surface area contributed by atoms with E-state index in [4.69, 9.17) is 4.74 Å². The van der Waals surface area contributed by atoms with Gasteiger partial charge in [0.25, 0.3) is 0 Å². The van der Waals surface area contributed by atoms with Crippen LogP contribution in [0.3, 0.4) is 0 Å². The number of hydrogen-bond acceptors (Lipinski definition) is 2. The zero-order chi connectivity index (χ0) is 17.8. The first-order valence-electron chi connectivity index (χ1n) is 11.1. The van der Waals surface area contributed by atoms with Crippen LogP contribution in [-0.2, 0) is 4.74 Å². The van der Waals surface area contributed by atoms with Gasteiger partial charge in [0.15, 0.2) is 0 Å². The molecular weight excluding hydrogens is 306 g/mol. The van der Waals surface area contributed by atoms with Crippen molar-refractivity contribution in [2.75, 3.05) is 7.05 Å². The molecule has 0 aliphatic carbocycles. The Morgan fingerprint density at radius 2 is 1.56 bits per heavy atom. The van der Waals surface area contributed by atoms with Gasteiger partial charge in [-0.15, -0.1) is 0 Å². The Morgan fingerprint density at radius 3 is 2.12 bits per heavy atom. The quantitative estimate of drug-likeness (QED) is 0.615. The monoisotopic (exact) mass is 347 g/mol. The second kappa shape index (κ2) is 6.51. The number of ether oxygens (including phenoxy) is 1. The number of fused-ring (bicyclic) bond motifs is 4. The lowest BCUT2D eigenvalue weighted by molar-refractivity contribution is -0.0516. The van der Waals surface area contributed by atoms with E-state index in [9.17, 15) is 0 Å². The third kappa shape index (κ3) is 3.68. The zero-order valence-corrected chi connectivity index (χ0v) is 17.4. The lowest BCUT2D eigenvalue weighted by Crippen LogP contribution is -2.35. The molecule has 0 N–H and O–H groups in total. The zero-order valence-electron chi connectivity index (χ0n) is 17.4. The van der Waals surface area contributed by atoms with Gasteiger partial charge in [-0.2, -0.15) is 0 Å². The van der Waals surface area contributed by atoms with E-state index in [2.05, 4.69) is 39.6 Å². The van der Waals surface area contributed by atoms with Crippen LogP contribution in [0, 0.1) is 22.7 Å². The summed E-state index contributed by atoms with van der Waals surface area (Å²) in [4.78, 5) is 2.70. The first kappa shape index (κ1) is 18.3. The third-order valence-electron chi connectivity index (χ3n) is 8.67. The summed E-state index contributed by atoms with van der Waals surface area (Å²) in [5.41, 5.74) is 0.977. The Balaban J connectivity index is 1.30. The Kier molecular flexibility index (Phi) is 4.77. The molecule has 5 unspecified atom stereocenters. The molecule has 0 saturated carbocycles. The van der Waals surface area contributed by atoms with Crippen LogP contribution in [0.2, 0.25) is 0 Å². The smallest absolute Gasteiger partial charge is 0.0582 e. The maximum atomic E-state index is 6.09. The van der Waals surface area contributed by atoms with Crippen LogP contribution in [0.4, 0.5) is 0 Å². The number of rotatable bonds is 6. The number of hydrogen-bond donors (Lipinski definition) is 0. The van der Waals surface area contributed by atoms with Crippen LogP contribution < -0.4 is 0 Å². The van der Waals surface area contributed by atoms with Crippen LogP contribution in [0.25, 0.3) is 0 Å². The first-order chi connectivity index (χ1) is 11.7. The lowest BCUT2D eigenvalue weighted by atomic mass is 9.66. The molecule has 2 heteroatoms. The average Bonchev–Trinajstić information content (AvgIpc) is 3.17. The van der Waals surface area contributed by atoms with Crippen molar-refractivity contribution in [3.63, 3.8) is 0 Å². The molecule has 4 saturated heterocycles. The first-order valence-corrected chi connectivity index (χ1v) is 11.1. The summed E-state index contributed by atoms with van der Waals surface area (Å²) in [7, 11) is 2.37. The van der Waals surface area contributed by atoms with Crippen molar-refractivity contribution in [1.82, 2.24) is 4.90 Å². The fourth-order valence-corrected chi connectivity index (χ4v) is 6.79. The van der Waals surface area contributed by atoms with E-state index in [1.54, 1.807) is 0 Å². The Labute approximate surface area is 156 Å². The van der Waals surface area contributed by atoms with Crippen molar-refractivity contribution >= 4 is 0 Å². The minimum Gasteiger partial charge on any atom is -0.375 e. The van der Waals surface area contributed by atoms with Gasteiger partial charge in [-0.25, -0.2) is 0 Å². The molecule has 0 aromatic rings. The highest BCUT2D eigenvalue weighted by Crippen LogP contribution is 2.50. The minimum atomic E-state index is 0.480. The van der Waals surface area contributed by atoms with Crippen molar-refractivity contribution in [2.24, 2.45) is 22.7 Å². The maximum absolute atomic E-state index is 6.09. The molecule has 4 heterocycles. The van der Waals surface area contributed by atoms with Gasteiger partial charge in [0.1, 0.15) is 0 Å². The van der Waals surface area contributed by atoms with E-state index in [0.717, 1.165) is 23.9 Å². The van der Waals surface area contributed by atoms with Crippen LogP contribution >= 0.6 is 0 Å². The van der Waals surface area contributed by atoms with Gasteiger partial charge in [-0.3, -0.25) is 0 Å². The van der Waals surface area contributed by atoms with Crippen molar-refractivity contribution in [3.8, 4) is 0 Å². The van der Waals surface area contributed by atoms with Crippen molar-refractivity contribution in [1.29, 1.82) is 0 Å².